The van der Waals surface area contributed by atoms with Crippen LogP contribution in [0.1, 0.15) is 18.4 Å². The summed E-state index contributed by atoms with van der Waals surface area (Å²) in [5.74, 6) is 0.156. The highest BCUT2D eigenvalue weighted by molar-refractivity contribution is 5.80. The van der Waals surface area contributed by atoms with E-state index in [9.17, 15) is 4.79 Å². The molecule has 5 nitrogen and oxygen atoms in total. The van der Waals surface area contributed by atoms with Crippen molar-refractivity contribution in [3.63, 3.8) is 0 Å². The summed E-state index contributed by atoms with van der Waals surface area (Å²) < 4.78 is 2.08. The molecule has 2 aromatic rings. The van der Waals surface area contributed by atoms with E-state index in [1.54, 1.807) is 25.2 Å². The third-order valence-electron chi connectivity index (χ3n) is 3.22. The Labute approximate surface area is 113 Å². The Bertz CT molecular complexity index is 574. The molecule has 1 amide bonds. The molecule has 0 unspecified atom stereocenters. The van der Waals surface area contributed by atoms with Crippen molar-refractivity contribution < 1.29 is 4.79 Å². The molecule has 0 saturated carbocycles. The predicted octanol–water partition coefficient (Wildman–Crippen LogP) is 1.36. The highest BCUT2D eigenvalue weighted by Crippen LogP contribution is 2.19. The molecule has 0 spiro atoms. The number of hydrogen-bond acceptors (Lipinski definition) is 3. The van der Waals surface area contributed by atoms with Crippen LogP contribution in [0.5, 0.6) is 0 Å². The van der Waals surface area contributed by atoms with E-state index in [0.29, 0.717) is 13.0 Å². The fourth-order valence-corrected chi connectivity index (χ4v) is 2.15. The summed E-state index contributed by atoms with van der Waals surface area (Å²) in [6, 6.07) is 3.95. The number of aromatic nitrogens is 2. The number of nitrogens with two attached hydrogens (primary N) is 1. The zero-order valence-corrected chi connectivity index (χ0v) is 11.5. The van der Waals surface area contributed by atoms with Crippen LogP contribution < -0.4 is 5.73 Å². The molecule has 2 aromatic heterocycles. The molecule has 0 aliphatic carbocycles. The second-order valence-electron chi connectivity index (χ2n) is 4.82. The van der Waals surface area contributed by atoms with Gasteiger partial charge < -0.3 is 15.2 Å². The van der Waals surface area contributed by atoms with E-state index in [1.165, 1.54) is 0 Å². The molecular formula is C14H20N4O. The van der Waals surface area contributed by atoms with Crippen LogP contribution in [-0.2, 0) is 17.9 Å². The summed E-state index contributed by atoms with van der Waals surface area (Å²) in [6.45, 7) is 1.29. The van der Waals surface area contributed by atoms with Crippen LogP contribution in [0.3, 0.4) is 0 Å². The molecule has 19 heavy (non-hydrogen) atoms. The Morgan fingerprint density at radius 1 is 1.47 bits per heavy atom. The number of pyridine rings is 1. The van der Waals surface area contributed by atoms with Gasteiger partial charge in [0, 0.05) is 51.4 Å². The van der Waals surface area contributed by atoms with Gasteiger partial charge >= 0.3 is 0 Å². The normalized spacial score (nSPS) is 10.9. The minimum Gasteiger partial charge on any atom is -0.349 e. The molecule has 0 radical (unpaired) electrons. The average molecular weight is 260 g/mol. The molecule has 0 aliphatic heterocycles. The topological polar surface area (TPSA) is 64.2 Å². The minimum atomic E-state index is 0.156. The van der Waals surface area contributed by atoms with Crippen LogP contribution in [0, 0.1) is 0 Å². The molecule has 2 rings (SSSR count). The summed E-state index contributed by atoms with van der Waals surface area (Å²) in [4.78, 5) is 17.6. The summed E-state index contributed by atoms with van der Waals surface area (Å²) >= 11 is 0. The summed E-state index contributed by atoms with van der Waals surface area (Å²) in [6.07, 6.45) is 5.18. The summed E-state index contributed by atoms with van der Waals surface area (Å²) in [5, 5.41) is 1.10. The van der Waals surface area contributed by atoms with Crippen molar-refractivity contribution in [2.45, 2.75) is 25.9 Å². The molecule has 0 saturated heterocycles. The lowest BCUT2D eigenvalue weighted by atomic mass is 10.2. The number of fused-ring (bicyclic) bond motifs is 1. The Balaban J connectivity index is 2.11. The summed E-state index contributed by atoms with van der Waals surface area (Å²) in [5.41, 5.74) is 7.79. The van der Waals surface area contributed by atoms with Crippen LogP contribution >= 0.6 is 0 Å². The van der Waals surface area contributed by atoms with Crippen molar-refractivity contribution in [1.29, 1.82) is 0 Å². The highest BCUT2D eigenvalue weighted by Gasteiger charge is 2.09. The lowest BCUT2D eigenvalue weighted by Gasteiger charge is -2.10. The zero-order chi connectivity index (χ0) is 13.8. The number of rotatable bonds is 5. The van der Waals surface area contributed by atoms with Gasteiger partial charge in [0.25, 0.3) is 0 Å². The van der Waals surface area contributed by atoms with Gasteiger partial charge in [0.05, 0.1) is 0 Å². The highest BCUT2D eigenvalue weighted by atomic mass is 16.2. The first-order chi connectivity index (χ1) is 9.13. The van der Waals surface area contributed by atoms with E-state index in [2.05, 4.69) is 9.55 Å². The number of carbonyl (C=O) groups excluding carboxylic acids is 1. The van der Waals surface area contributed by atoms with Crippen LogP contribution in [0.2, 0.25) is 0 Å². The van der Waals surface area contributed by atoms with Crippen LogP contribution in [-0.4, -0.2) is 34.5 Å². The Morgan fingerprint density at radius 3 is 2.95 bits per heavy atom. The molecule has 0 bridgehead atoms. The lowest BCUT2D eigenvalue weighted by molar-refractivity contribution is -0.128. The molecule has 0 fully saturated rings. The van der Waals surface area contributed by atoms with Gasteiger partial charge in [-0.3, -0.25) is 4.79 Å². The van der Waals surface area contributed by atoms with Gasteiger partial charge in [-0.05, 0) is 24.1 Å². The molecule has 0 aromatic carbocycles. The standard InChI is InChI=1S/C14H20N4O/c1-17(2)13(19)6-4-8-18-10-11(9-15)12-5-3-7-16-14(12)18/h3,5,7,10H,4,6,8-9,15H2,1-2H3. The molecule has 102 valence electrons. The van der Waals surface area contributed by atoms with Crippen molar-refractivity contribution in [2.75, 3.05) is 14.1 Å². The fraction of sp³-hybridized carbons (Fsp3) is 0.429. The maximum atomic E-state index is 11.5. The fourth-order valence-electron chi connectivity index (χ4n) is 2.15. The quantitative estimate of drug-likeness (QED) is 0.883. The van der Waals surface area contributed by atoms with E-state index in [0.717, 1.165) is 29.6 Å². The van der Waals surface area contributed by atoms with Crippen LogP contribution in [0.15, 0.2) is 24.5 Å². The number of amides is 1. The van der Waals surface area contributed by atoms with E-state index in [-0.39, 0.29) is 5.91 Å². The number of nitrogens with zero attached hydrogens (tertiary/aromatic N) is 3. The van der Waals surface area contributed by atoms with Crippen molar-refractivity contribution >= 4 is 16.9 Å². The maximum Gasteiger partial charge on any atom is 0.222 e. The van der Waals surface area contributed by atoms with Gasteiger partial charge in [-0.15, -0.1) is 0 Å². The minimum absolute atomic E-state index is 0.156. The van der Waals surface area contributed by atoms with Crippen LogP contribution in [0.25, 0.3) is 11.0 Å². The zero-order valence-electron chi connectivity index (χ0n) is 11.5. The van der Waals surface area contributed by atoms with Gasteiger partial charge in [-0.2, -0.15) is 0 Å². The molecule has 0 aliphatic rings. The lowest BCUT2D eigenvalue weighted by Crippen LogP contribution is -2.21. The van der Waals surface area contributed by atoms with Crippen molar-refractivity contribution in [3.05, 3.63) is 30.1 Å². The van der Waals surface area contributed by atoms with Gasteiger partial charge in [0.15, 0.2) is 0 Å². The van der Waals surface area contributed by atoms with Gasteiger partial charge in [0.2, 0.25) is 5.91 Å². The van der Waals surface area contributed by atoms with Gasteiger partial charge in [-0.25, -0.2) is 4.98 Å². The Hall–Kier alpha value is -1.88. The molecule has 2 N–H and O–H groups in total. The van der Waals surface area contributed by atoms with Gasteiger partial charge in [-0.1, -0.05) is 0 Å². The van der Waals surface area contributed by atoms with Crippen molar-refractivity contribution in [2.24, 2.45) is 5.73 Å². The Morgan fingerprint density at radius 2 is 2.26 bits per heavy atom. The maximum absolute atomic E-state index is 11.5. The largest absolute Gasteiger partial charge is 0.349 e. The second-order valence-corrected chi connectivity index (χ2v) is 4.82. The van der Waals surface area contributed by atoms with E-state index in [4.69, 9.17) is 5.73 Å². The monoisotopic (exact) mass is 260 g/mol. The van der Waals surface area contributed by atoms with E-state index >= 15 is 0 Å². The smallest absolute Gasteiger partial charge is 0.222 e. The van der Waals surface area contributed by atoms with Crippen molar-refractivity contribution in [1.82, 2.24) is 14.5 Å². The summed E-state index contributed by atoms with van der Waals surface area (Å²) in [7, 11) is 3.56. The first-order valence-corrected chi connectivity index (χ1v) is 6.46. The third-order valence-corrected chi connectivity index (χ3v) is 3.22. The van der Waals surface area contributed by atoms with E-state index in [1.807, 2.05) is 18.3 Å². The number of aryl methyl sites for hydroxylation is 1. The molecular weight excluding hydrogens is 240 g/mol. The first-order valence-electron chi connectivity index (χ1n) is 6.46. The van der Waals surface area contributed by atoms with Gasteiger partial charge in [0.1, 0.15) is 5.65 Å². The third kappa shape index (κ3) is 2.93. The molecule has 5 heteroatoms. The SMILES string of the molecule is CN(C)C(=O)CCCn1cc(CN)c2cccnc21. The first kappa shape index (κ1) is 13.5. The predicted molar refractivity (Wildman–Crippen MR) is 75.6 cm³/mol. The van der Waals surface area contributed by atoms with E-state index < -0.39 is 0 Å². The molecule has 2 heterocycles. The van der Waals surface area contributed by atoms with Crippen LogP contribution in [0.4, 0.5) is 0 Å². The molecule has 0 atom stereocenters. The average Bonchev–Trinajstić information content (AvgIpc) is 2.77. The number of carbonyl (C=O) groups is 1. The second kappa shape index (κ2) is 5.84. The Kier molecular flexibility index (Phi) is 4.16. The van der Waals surface area contributed by atoms with Crippen molar-refractivity contribution in [3.8, 4) is 0 Å². The number of hydrogen-bond donors (Lipinski definition) is 1.